The van der Waals surface area contributed by atoms with E-state index in [1.54, 1.807) is 0 Å². The number of hydrogen-bond donors (Lipinski definition) is 1. The Morgan fingerprint density at radius 2 is 1.75 bits per heavy atom. The Morgan fingerprint density at radius 3 is 2.50 bits per heavy atom. The van der Waals surface area contributed by atoms with Crippen molar-refractivity contribution in [3.63, 3.8) is 0 Å². The quantitative estimate of drug-likeness (QED) is 0.798. The third-order valence-electron chi connectivity index (χ3n) is 3.99. The number of benzene rings is 2. The van der Waals surface area contributed by atoms with Gasteiger partial charge in [0.1, 0.15) is 6.33 Å². The average molecular weight is 317 g/mol. The van der Waals surface area contributed by atoms with Gasteiger partial charge >= 0.3 is 0 Å². The van der Waals surface area contributed by atoms with Crippen LogP contribution in [0, 0.1) is 13.8 Å². The van der Waals surface area contributed by atoms with Crippen molar-refractivity contribution in [2.24, 2.45) is 0 Å². The van der Waals surface area contributed by atoms with Crippen molar-refractivity contribution in [2.75, 3.05) is 0 Å². The maximum Gasteiger partial charge on any atom is 0.251 e. The van der Waals surface area contributed by atoms with Crippen molar-refractivity contribution in [2.45, 2.75) is 20.4 Å². The van der Waals surface area contributed by atoms with Gasteiger partial charge in [-0.2, -0.15) is 0 Å². The molecule has 0 aliphatic heterocycles. The van der Waals surface area contributed by atoms with E-state index in [4.69, 9.17) is 0 Å². The third-order valence-corrected chi connectivity index (χ3v) is 3.99. The van der Waals surface area contributed by atoms with E-state index in [2.05, 4.69) is 15.3 Å². The summed E-state index contributed by atoms with van der Waals surface area (Å²) in [4.78, 5) is 20.8. The van der Waals surface area contributed by atoms with E-state index in [-0.39, 0.29) is 5.91 Å². The Hall–Kier alpha value is -3.01. The molecule has 2 aromatic carbocycles. The fourth-order valence-electron chi connectivity index (χ4n) is 2.42. The number of amides is 1. The number of nitrogens with one attached hydrogen (secondary N) is 1. The van der Waals surface area contributed by atoms with Crippen molar-refractivity contribution in [3.8, 4) is 11.3 Å². The highest BCUT2D eigenvalue weighted by atomic mass is 16.1. The van der Waals surface area contributed by atoms with Crippen LogP contribution in [0.2, 0.25) is 0 Å². The van der Waals surface area contributed by atoms with Crippen LogP contribution in [-0.2, 0) is 6.54 Å². The van der Waals surface area contributed by atoms with Crippen molar-refractivity contribution in [1.29, 1.82) is 0 Å². The van der Waals surface area contributed by atoms with E-state index >= 15 is 0 Å². The van der Waals surface area contributed by atoms with Crippen molar-refractivity contribution in [1.82, 2.24) is 15.3 Å². The van der Waals surface area contributed by atoms with E-state index in [0.717, 1.165) is 22.5 Å². The molecule has 0 saturated carbocycles. The van der Waals surface area contributed by atoms with E-state index < -0.39 is 0 Å². The van der Waals surface area contributed by atoms with Gasteiger partial charge in [0.2, 0.25) is 0 Å². The molecule has 120 valence electrons. The Bertz CT molecular complexity index is 860. The topological polar surface area (TPSA) is 54.9 Å². The summed E-state index contributed by atoms with van der Waals surface area (Å²) in [5, 5.41) is 2.91. The molecule has 0 radical (unpaired) electrons. The lowest BCUT2D eigenvalue weighted by Crippen LogP contribution is -2.23. The molecule has 0 fully saturated rings. The molecule has 4 nitrogen and oxygen atoms in total. The molecule has 0 spiro atoms. The summed E-state index contributed by atoms with van der Waals surface area (Å²) in [6.07, 6.45) is 1.53. The van der Waals surface area contributed by atoms with Gasteiger partial charge in [0.05, 0.1) is 17.9 Å². The minimum atomic E-state index is -0.0991. The van der Waals surface area contributed by atoms with E-state index in [0.29, 0.717) is 12.1 Å². The highest BCUT2D eigenvalue weighted by Crippen LogP contribution is 2.16. The summed E-state index contributed by atoms with van der Waals surface area (Å²) in [6, 6.07) is 17.5. The Labute approximate surface area is 141 Å². The second kappa shape index (κ2) is 7.04. The predicted molar refractivity (Wildman–Crippen MR) is 94.6 cm³/mol. The van der Waals surface area contributed by atoms with Crippen molar-refractivity contribution >= 4 is 5.91 Å². The second-order valence-corrected chi connectivity index (χ2v) is 5.74. The minimum Gasteiger partial charge on any atom is -0.346 e. The lowest BCUT2D eigenvalue weighted by molar-refractivity contribution is 0.0950. The standard InChI is InChI=1S/C20H19N3O/c1-14-8-9-17(10-15(14)2)20(24)21-12-18-11-19(23-13-22-18)16-6-4-3-5-7-16/h3-11,13H,12H2,1-2H3,(H,21,24). The maximum absolute atomic E-state index is 12.3. The lowest BCUT2D eigenvalue weighted by atomic mass is 10.1. The van der Waals surface area contributed by atoms with Gasteiger partial charge < -0.3 is 5.32 Å². The van der Waals surface area contributed by atoms with Crippen LogP contribution in [0.1, 0.15) is 27.2 Å². The molecule has 0 bridgehead atoms. The van der Waals surface area contributed by atoms with Gasteiger partial charge in [0.25, 0.3) is 5.91 Å². The molecule has 0 unspecified atom stereocenters. The van der Waals surface area contributed by atoms with E-state index in [1.165, 1.54) is 11.9 Å². The highest BCUT2D eigenvalue weighted by molar-refractivity contribution is 5.94. The zero-order valence-corrected chi connectivity index (χ0v) is 13.8. The molecule has 4 heteroatoms. The van der Waals surface area contributed by atoms with Crippen molar-refractivity contribution < 1.29 is 4.79 Å². The summed E-state index contributed by atoms with van der Waals surface area (Å²) in [7, 11) is 0. The van der Waals surface area contributed by atoms with Crippen LogP contribution in [0.25, 0.3) is 11.3 Å². The molecule has 1 N–H and O–H groups in total. The molecule has 24 heavy (non-hydrogen) atoms. The molecule has 1 amide bonds. The number of nitrogens with zero attached hydrogens (tertiary/aromatic N) is 2. The zero-order valence-electron chi connectivity index (χ0n) is 13.8. The summed E-state index contributed by atoms with van der Waals surface area (Å²) in [5.41, 5.74) is 5.60. The Kier molecular flexibility index (Phi) is 4.66. The number of rotatable bonds is 4. The number of carbonyl (C=O) groups is 1. The number of hydrogen-bond acceptors (Lipinski definition) is 3. The number of carbonyl (C=O) groups excluding carboxylic acids is 1. The molecule has 3 aromatic rings. The van der Waals surface area contributed by atoms with Crippen LogP contribution in [0.3, 0.4) is 0 Å². The fourth-order valence-corrected chi connectivity index (χ4v) is 2.42. The van der Waals surface area contributed by atoms with E-state index in [9.17, 15) is 4.79 Å². The van der Waals surface area contributed by atoms with Crippen molar-refractivity contribution in [3.05, 3.63) is 83.3 Å². The molecule has 3 rings (SSSR count). The average Bonchev–Trinajstić information content (AvgIpc) is 2.63. The number of aryl methyl sites for hydroxylation is 2. The zero-order chi connectivity index (χ0) is 16.9. The van der Waals surface area contributed by atoms with Gasteiger partial charge in [-0.3, -0.25) is 4.79 Å². The lowest BCUT2D eigenvalue weighted by Gasteiger charge is -2.08. The van der Waals surface area contributed by atoms with E-state index in [1.807, 2.05) is 68.4 Å². The maximum atomic E-state index is 12.3. The summed E-state index contributed by atoms with van der Waals surface area (Å²) < 4.78 is 0. The SMILES string of the molecule is Cc1ccc(C(=O)NCc2cc(-c3ccccc3)ncn2)cc1C. The van der Waals surface area contributed by atoms with Crippen LogP contribution in [0.15, 0.2) is 60.9 Å². The molecule has 0 atom stereocenters. The molecule has 1 heterocycles. The molecular weight excluding hydrogens is 298 g/mol. The Balaban J connectivity index is 1.70. The first-order chi connectivity index (χ1) is 11.6. The molecule has 0 saturated heterocycles. The van der Waals surface area contributed by atoms with Gasteiger partial charge in [-0.15, -0.1) is 0 Å². The smallest absolute Gasteiger partial charge is 0.251 e. The molecule has 1 aromatic heterocycles. The summed E-state index contributed by atoms with van der Waals surface area (Å²) in [6.45, 7) is 4.40. The predicted octanol–water partition coefficient (Wildman–Crippen LogP) is 3.69. The first-order valence-corrected chi connectivity index (χ1v) is 7.85. The fraction of sp³-hybridized carbons (Fsp3) is 0.150. The van der Waals surface area contributed by atoms with Gasteiger partial charge in [-0.1, -0.05) is 36.4 Å². The second-order valence-electron chi connectivity index (χ2n) is 5.74. The van der Waals surface area contributed by atoms with Gasteiger partial charge in [-0.25, -0.2) is 9.97 Å². The van der Waals surface area contributed by atoms with Crippen LogP contribution in [0.5, 0.6) is 0 Å². The summed E-state index contributed by atoms with van der Waals surface area (Å²) in [5.74, 6) is -0.0991. The van der Waals surface area contributed by atoms with Gasteiger partial charge in [0.15, 0.2) is 0 Å². The molecule has 0 aliphatic rings. The highest BCUT2D eigenvalue weighted by Gasteiger charge is 2.08. The largest absolute Gasteiger partial charge is 0.346 e. The first-order valence-electron chi connectivity index (χ1n) is 7.85. The normalized spacial score (nSPS) is 10.4. The number of aromatic nitrogens is 2. The minimum absolute atomic E-state index is 0.0991. The van der Waals surface area contributed by atoms with Crippen LogP contribution < -0.4 is 5.32 Å². The molecule has 0 aliphatic carbocycles. The van der Waals surface area contributed by atoms with Crippen LogP contribution >= 0.6 is 0 Å². The van der Waals surface area contributed by atoms with Gasteiger partial charge in [-0.05, 0) is 43.2 Å². The first kappa shape index (κ1) is 15.9. The summed E-state index contributed by atoms with van der Waals surface area (Å²) >= 11 is 0. The Morgan fingerprint density at radius 1 is 0.958 bits per heavy atom. The van der Waals surface area contributed by atoms with Crippen LogP contribution in [-0.4, -0.2) is 15.9 Å². The third kappa shape index (κ3) is 3.66. The van der Waals surface area contributed by atoms with Crippen LogP contribution in [0.4, 0.5) is 0 Å². The monoisotopic (exact) mass is 317 g/mol. The molecular formula is C20H19N3O. The van der Waals surface area contributed by atoms with Gasteiger partial charge in [0, 0.05) is 11.1 Å².